The molecule has 10 heteroatoms. The average molecular weight is 464 g/mol. The Kier molecular flexibility index (Phi) is 4.95. The standard InChI is InChI=1S/C24H21FN4O5/c25-16-6-3-14-4-8-21(30)28-13-17(22(16)23(14)28)26-9-1-2-20-27-29(24(31)34-20)15-5-7-18-19(12-15)33-11-10-32-18/h3-8,12,17,26H,1-2,9-11,13H2/t17-/m1/s1. The molecule has 0 spiro atoms. The number of aromatic nitrogens is 3. The van der Waals surface area contributed by atoms with Crippen LogP contribution in [-0.4, -0.2) is 34.1 Å². The van der Waals surface area contributed by atoms with Crippen LogP contribution in [0.15, 0.2) is 56.5 Å². The molecule has 0 unspecified atom stereocenters. The second kappa shape index (κ2) is 8.14. The van der Waals surface area contributed by atoms with Crippen LogP contribution < -0.4 is 26.1 Å². The number of pyridine rings is 1. The summed E-state index contributed by atoms with van der Waals surface area (Å²) < 4.78 is 33.8. The second-order valence-corrected chi connectivity index (χ2v) is 8.29. The first-order valence-corrected chi connectivity index (χ1v) is 11.1. The highest BCUT2D eigenvalue weighted by molar-refractivity contribution is 5.84. The molecule has 34 heavy (non-hydrogen) atoms. The Bertz CT molecular complexity index is 1520. The summed E-state index contributed by atoms with van der Waals surface area (Å²) in [6.07, 6.45) is 1.03. The van der Waals surface area contributed by atoms with Gasteiger partial charge in [-0.2, -0.15) is 4.68 Å². The smallest absolute Gasteiger partial charge is 0.441 e. The van der Waals surface area contributed by atoms with Gasteiger partial charge in [-0.05, 0) is 48.7 Å². The van der Waals surface area contributed by atoms with Gasteiger partial charge in [-0.15, -0.1) is 5.10 Å². The van der Waals surface area contributed by atoms with E-state index in [4.69, 9.17) is 13.9 Å². The highest BCUT2D eigenvalue weighted by Gasteiger charge is 2.28. The zero-order valence-electron chi connectivity index (χ0n) is 18.1. The lowest BCUT2D eigenvalue weighted by atomic mass is 10.1. The number of hydrogen-bond acceptors (Lipinski definition) is 7. The van der Waals surface area contributed by atoms with Crippen molar-refractivity contribution in [3.05, 3.63) is 80.6 Å². The van der Waals surface area contributed by atoms with Gasteiger partial charge >= 0.3 is 5.76 Å². The average Bonchev–Trinajstić information content (AvgIpc) is 3.42. The van der Waals surface area contributed by atoms with Gasteiger partial charge in [0.15, 0.2) is 11.5 Å². The maximum Gasteiger partial charge on any atom is 0.441 e. The van der Waals surface area contributed by atoms with Gasteiger partial charge in [-0.25, -0.2) is 9.18 Å². The van der Waals surface area contributed by atoms with Crippen LogP contribution in [0.5, 0.6) is 11.5 Å². The number of rotatable bonds is 6. The van der Waals surface area contributed by atoms with Crippen molar-refractivity contribution in [2.75, 3.05) is 19.8 Å². The molecular weight excluding hydrogens is 443 g/mol. The van der Waals surface area contributed by atoms with E-state index in [1.807, 2.05) is 0 Å². The lowest BCUT2D eigenvalue weighted by molar-refractivity contribution is 0.171. The van der Waals surface area contributed by atoms with Gasteiger partial charge in [0.1, 0.15) is 19.0 Å². The topological polar surface area (TPSA) is 101 Å². The first kappa shape index (κ1) is 20.7. The summed E-state index contributed by atoms with van der Waals surface area (Å²) in [6.45, 7) is 1.84. The van der Waals surface area contributed by atoms with Crippen LogP contribution in [-0.2, 0) is 13.0 Å². The van der Waals surface area contributed by atoms with E-state index in [0.717, 1.165) is 5.39 Å². The fourth-order valence-electron chi connectivity index (χ4n) is 4.61. The summed E-state index contributed by atoms with van der Waals surface area (Å²) in [4.78, 5) is 24.6. The van der Waals surface area contributed by atoms with E-state index in [1.54, 1.807) is 34.9 Å². The highest BCUT2D eigenvalue weighted by Crippen LogP contribution is 2.33. The molecule has 2 aliphatic rings. The van der Waals surface area contributed by atoms with Crippen molar-refractivity contribution in [2.24, 2.45) is 0 Å². The number of ether oxygens (including phenoxy) is 2. The summed E-state index contributed by atoms with van der Waals surface area (Å²) in [7, 11) is 0. The third-order valence-corrected chi connectivity index (χ3v) is 6.17. The Morgan fingerprint density at radius 2 is 1.88 bits per heavy atom. The minimum atomic E-state index is -0.584. The molecule has 1 atom stereocenters. The molecular formula is C24H21FN4O5. The predicted molar refractivity (Wildman–Crippen MR) is 120 cm³/mol. The molecule has 1 N–H and O–H groups in total. The SMILES string of the molecule is O=c1oc(CCCN[C@@H]2Cn3c(=O)ccc4ccc(F)c2c43)nn1-c1ccc2c(c1)OCCO2. The third-order valence-electron chi connectivity index (χ3n) is 6.17. The number of nitrogens with one attached hydrogen (secondary N) is 1. The molecule has 0 saturated carbocycles. The molecule has 2 aromatic heterocycles. The number of benzene rings is 2. The first-order chi connectivity index (χ1) is 16.6. The van der Waals surface area contributed by atoms with Crippen molar-refractivity contribution >= 4 is 10.9 Å². The molecule has 174 valence electrons. The lowest BCUT2D eigenvalue weighted by Gasteiger charge is -2.18. The van der Waals surface area contributed by atoms with Crippen molar-refractivity contribution in [1.82, 2.24) is 19.7 Å². The minimum Gasteiger partial charge on any atom is -0.486 e. The minimum absolute atomic E-state index is 0.143. The van der Waals surface area contributed by atoms with E-state index in [1.165, 1.54) is 16.8 Å². The number of aryl methyl sites for hydroxylation is 1. The Balaban J connectivity index is 1.12. The van der Waals surface area contributed by atoms with E-state index < -0.39 is 5.76 Å². The number of halogens is 1. The maximum atomic E-state index is 14.6. The van der Waals surface area contributed by atoms with Gasteiger partial charge in [-0.3, -0.25) is 4.79 Å². The third kappa shape index (κ3) is 3.47. The highest BCUT2D eigenvalue weighted by atomic mass is 19.1. The van der Waals surface area contributed by atoms with Crippen molar-refractivity contribution in [2.45, 2.75) is 25.4 Å². The number of hydrogen-bond donors (Lipinski definition) is 1. The van der Waals surface area contributed by atoms with E-state index in [-0.39, 0.29) is 17.4 Å². The Morgan fingerprint density at radius 3 is 2.76 bits per heavy atom. The molecule has 0 fully saturated rings. The molecule has 2 aromatic carbocycles. The fourth-order valence-corrected chi connectivity index (χ4v) is 4.61. The van der Waals surface area contributed by atoms with E-state index in [0.29, 0.717) is 73.3 Å². The molecule has 0 amide bonds. The molecule has 6 rings (SSSR count). The van der Waals surface area contributed by atoms with Gasteiger partial charge in [0.2, 0.25) is 5.89 Å². The van der Waals surface area contributed by atoms with Crippen LogP contribution in [0.25, 0.3) is 16.6 Å². The van der Waals surface area contributed by atoms with Crippen LogP contribution in [0.3, 0.4) is 0 Å². The number of fused-ring (bicyclic) bond motifs is 1. The predicted octanol–water partition coefficient (Wildman–Crippen LogP) is 2.33. The summed E-state index contributed by atoms with van der Waals surface area (Å²) in [5.41, 5.74) is 1.55. The largest absolute Gasteiger partial charge is 0.486 e. The Morgan fingerprint density at radius 1 is 1.06 bits per heavy atom. The molecule has 4 aromatic rings. The lowest BCUT2D eigenvalue weighted by Crippen LogP contribution is -2.26. The van der Waals surface area contributed by atoms with Crippen molar-refractivity contribution in [3.63, 3.8) is 0 Å². The summed E-state index contributed by atoms with van der Waals surface area (Å²) >= 11 is 0. The fraction of sp³-hybridized carbons (Fsp3) is 0.292. The van der Waals surface area contributed by atoms with E-state index >= 15 is 0 Å². The van der Waals surface area contributed by atoms with Crippen LogP contribution >= 0.6 is 0 Å². The van der Waals surface area contributed by atoms with Crippen molar-refractivity contribution < 1.29 is 18.3 Å². The molecule has 4 heterocycles. The van der Waals surface area contributed by atoms with Crippen LogP contribution in [0, 0.1) is 5.82 Å². The van der Waals surface area contributed by atoms with Crippen molar-refractivity contribution in [3.8, 4) is 17.2 Å². The van der Waals surface area contributed by atoms with Crippen molar-refractivity contribution in [1.29, 1.82) is 0 Å². The molecule has 0 saturated heterocycles. The normalized spacial score (nSPS) is 16.3. The zero-order chi connectivity index (χ0) is 23.2. The van der Waals surface area contributed by atoms with Gasteiger partial charge in [0, 0.05) is 30.7 Å². The summed E-state index contributed by atoms with van der Waals surface area (Å²) in [5.74, 6) is 0.579. The molecule has 0 bridgehead atoms. The summed E-state index contributed by atoms with van der Waals surface area (Å²) in [5, 5.41) is 8.46. The van der Waals surface area contributed by atoms with E-state index in [2.05, 4.69) is 10.4 Å². The Labute approximate surface area is 192 Å². The van der Waals surface area contributed by atoms with E-state index in [9.17, 15) is 14.0 Å². The molecule has 0 aliphatic carbocycles. The quantitative estimate of drug-likeness (QED) is 0.437. The molecule has 0 radical (unpaired) electrons. The second-order valence-electron chi connectivity index (χ2n) is 8.29. The van der Waals surface area contributed by atoms with Gasteiger partial charge in [-0.1, -0.05) is 0 Å². The van der Waals surface area contributed by atoms with Gasteiger partial charge in [0.25, 0.3) is 5.56 Å². The van der Waals surface area contributed by atoms with Gasteiger partial charge in [0.05, 0.1) is 17.2 Å². The van der Waals surface area contributed by atoms with Crippen LogP contribution in [0.4, 0.5) is 4.39 Å². The Hall–Kier alpha value is -3.92. The van der Waals surface area contributed by atoms with Crippen LogP contribution in [0.2, 0.25) is 0 Å². The monoisotopic (exact) mass is 464 g/mol. The summed E-state index contributed by atoms with van der Waals surface area (Å²) in [6, 6.07) is 11.2. The number of nitrogens with zero attached hydrogens (tertiary/aromatic N) is 3. The van der Waals surface area contributed by atoms with Gasteiger partial charge < -0.3 is 23.8 Å². The molecule has 9 nitrogen and oxygen atoms in total. The first-order valence-electron chi connectivity index (χ1n) is 11.1. The molecule has 2 aliphatic heterocycles. The zero-order valence-corrected chi connectivity index (χ0v) is 18.1. The maximum absolute atomic E-state index is 14.6. The van der Waals surface area contributed by atoms with Crippen LogP contribution in [0.1, 0.15) is 23.9 Å².